The zero-order chi connectivity index (χ0) is 8.43. The topological polar surface area (TPSA) is 39.2 Å². The molecule has 0 aliphatic carbocycles. The van der Waals surface area contributed by atoms with Gasteiger partial charge < -0.3 is 10.2 Å². The Morgan fingerprint density at radius 2 is 2.18 bits per heavy atom. The lowest BCUT2D eigenvalue weighted by Gasteiger charge is -2.13. The summed E-state index contributed by atoms with van der Waals surface area (Å²) in [5.41, 5.74) is 6.73. The Hall–Kier alpha value is -0.470. The fourth-order valence-corrected chi connectivity index (χ4v) is 1.14. The summed E-state index contributed by atoms with van der Waals surface area (Å²) in [4.78, 5) is 0. The number of hydrogen-bond acceptors (Lipinski definition) is 2. The van der Waals surface area contributed by atoms with Crippen LogP contribution in [-0.4, -0.2) is 0 Å². The van der Waals surface area contributed by atoms with E-state index in [2.05, 4.69) is 0 Å². The van der Waals surface area contributed by atoms with E-state index >= 15 is 0 Å². The van der Waals surface area contributed by atoms with E-state index < -0.39 is 0 Å². The number of nitrogens with two attached hydrogens (primary N) is 1. The van der Waals surface area contributed by atoms with Crippen LogP contribution >= 0.6 is 11.6 Å². The van der Waals surface area contributed by atoms with Gasteiger partial charge in [-0.05, 0) is 23.6 Å². The van der Waals surface area contributed by atoms with Crippen molar-refractivity contribution in [1.29, 1.82) is 0 Å². The van der Waals surface area contributed by atoms with E-state index in [1.54, 1.807) is 6.26 Å². The molecule has 11 heavy (non-hydrogen) atoms. The minimum Gasteiger partial charge on any atom is -0.453 e. The highest BCUT2D eigenvalue weighted by atomic mass is 35.5. The summed E-state index contributed by atoms with van der Waals surface area (Å²) in [6.07, 6.45) is 1.56. The molecule has 0 saturated heterocycles. The van der Waals surface area contributed by atoms with E-state index in [-0.39, 0.29) is 6.04 Å². The summed E-state index contributed by atoms with van der Waals surface area (Å²) in [6.45, 7) is 4.10. The second kappa shape index (κ2) is 3.28. The molecular weight excluding hydrogens is 162 g/mol. The smallest absolute Gasteiger partial charge is 0.197 e. The fraction of sp³-hybridized carbons (Fsp3) is 0.500. The molecular formula is C8H12ClNO. The molecule has 0 fully saturated rings. The number of halogens is 1. The average molecular weight is 174 g/mol. The third-order valence-electron chi connectivity index (χ3n) is 1.72. The van der Waals surface area contributed by atoms with Crippen LogP contribution in [0.4, 0.5) is 0 Å². The zero-order valence-corrected chi connectivity index (χ0v) is 7.43. The molecule has 1 aromatic heterocycles. The van der Waals surface area contributed by atoms with Crippen LogP contribution in [-0.2, 0) is 0 Å². The van der Waals surface area contributed by atoms with Gasteiger partial charge in [-0.1, -0.05) is 13.8 Å². The van der Waals surface area contributed by atoms with Crippen molar-refractivity contribution in [3.63, 3.8) is 0 Å². The molecule has 1 atom stereocenters. The Morgan fingerprint density at radius 3 is 2.55 bits per heavy atom. The van der Waals surface area contributed by atoms with Crippen molar-refractivity contribution in [3.05, 3.63) is 23.1 Å². The molecule has 2 nitrogen and oxygen atoms in total. The van der Waals surface area contributed by atoms with Crippen LogP contribution in [0.25, 0.3) is 0 Å². The van der Waals surface area contributed by atoms with Crippen LogP contribution < -0.4 is 5.73 Å². The lowest BCUT2D eigenvalue weighted by molar-refractivity contribution is 0.501. The van der Waals surface area contributed by atoms with Crippen LogP contribution in [0.1, 0.15) is 25.5 Å². The summed E-state index contributed by atoms with van der Waals surface area (Å²) in [6, 6.07) is 1.79. The highest BCUT2D eigenvalue weighted by molar-refractivity contribution is 6.29. The predicted octanol–water partition coefficient (Wildman–Crippen LogP) is 2.59. The van der Waals surface area contributed by atoms with Crippen molar-refractivity contribution in [1.82, 2.24) is 0 Å². The largest absolute Gasteiger partial charge is 0.453 e. The van der Waals surface area contributed by atoms with Crippen molar-refractivity contribution in [2.75, 3.05) is 0 Å². The first kappa shape index (κ1) is 8.62. The monoisotopic (exact) mass is 173 g/mol. The van der Waals surface area contributed by atoms with Gasteiger partial charge in [-0.25, -0.2) is 0 Å². The number of rotatable bonds is 2. The van der Waals surface area contributed by atoms with Gasteiger partial charge in [0.1, 0.15) is 0 Å². The van der Waals surface area contributed by atoms with Gasteiger partial charge in [0.05, 0.1) is 6.26 Å². The summed E-state index contributed by atoms with van der Waals surface area (Å²) in [5, 5.41) is 0.409. The van der Waals surface area contributed by atoms with Gasteiger partial charge in [-0.2, -0.15) is 0 Å². The molecule has 0 amide bonds. The molecule has 0 aromatic carbocycles. The maximum Gasteiger partial charge on any atom is 0.197 e. The SMILES string of the molecule is CC(C)C(N)c1ccoc1Cl. The third-order valence-corrected chi connectivity index (χ3v) is 2.03. The number of furan rings is 1. The molecule has 0 bridgehead atoms. The lowest BCUT2D eigenvalue weighted by atomic mass is 10.00. The van der Waals surface area contributed by atoms with E-state index in [4.69, 9.17) is 21.8 Å². The Labute approximate surface area is 71.3 Å². The minimum atomic E-state index is -0.0266. The predicted molar refractivity (Wildman–Crippen MR) is 45.5 cm³/mol. The highest BCUT2D eigenvalue weighted by Crippen LogP contribution is 2.26. The molecule has 3 heteroatoms. The molecule has 62 valence electrons. The molecule has 0 spiro atoms. The van der Waals surface area contributed by atoms with Crippen LogP contribution in [0, 0.1) is 5.92 Å². The van der Waals surface area contributed by atoms with Crippen molar-refractivity contribution in [2.45, 2.75) is 19.9 Å². The standard InChI is InChI=1S/C8H12ClNO/c1-5(2)7(10)6-3-4-11-8(6)9/h3-5,7H,10H2,1-2H3. The first-order valence-corrected chi connectivity index (χ1v) is 3.99. The fourth-order valence-electron chi connectivity index (χ4n) is 0.902. The molecule has 0 saturated carbocycles. The summed E-state index contributed by atoms with van der Waals surface area (Å²) in [7, 11) is 0. The minimum absolute atomic E-state index is 0.0266. The Kier molecular flexibility index (Phi) is 2.58. The van der Waals surface area contributed by atoms with Gasteiger partial charge in [0, 0.05) is 11.6 Å². The second-order valence-electron chi connectivity index (χ2n) is 2.92. The van der Waals surface area contributed by atoms with Crippen LogP contribution in [0.15, 0.2) is 16.7 Å². The highest BCUT2D eigenvalue weighted by Gasteiger charge is 2.15. The van der Waals surface area contributed by atoms with Crippen molar-refractivity contribution in [3.8, 4) is 0 Å². The molecule has 2 N–H and O–H groups in total. The van der Waals surface area contributed by atoms with Crippen molar-refractivity contribution in [2.24, 2.45) is 11.7 Å². The second-order valence-corrected chi connectivity index (χ2v) is 3.26. The summed E-state index contributed by atoms with van der Waals surface area (Å²) >= 11 is 5.73. The Balaban J connectivity index is 2.84. The molecule has 0 aliphatic rings. The van der Waals surface area contributed by atoms with Crippen molar-refractivity contribution >= 4 is 11.6 Å². The van der Waals surface area contributed by atoms with Crippen LogP contribution in [0.2, 0.25) is 5.22 Å². The van der Waals surface area contributed by atoms with Crippen LogP contribution in [0.5, 0.6) is 0 Å². The third kappa shape index (κ3) is 1.76. The van der Waals surface area contributed by atoms with E-state index in [0.717, 1.165) is 5.56 Å². The molecule has 1 rings (SSSR count). The normalized spacial score (nSPS) is 13.9. The molecule has 1 aromatic rings. The molecule has 1 heterocycles. The summed E-state index contributed by atoms with van der Waals surface area (Å²) in [5.74, 6) is 0.380. The summed E-state index contributed by atoms with van der Waals surface area (Å²) < 4.78 is 4.92. The average Bonchev–Trinajstić information content (AvgIpc) is 2.33. The van der Waals surface area contributed by atoms with Crippen LogP contribution in [0.3, 0.4) is 0 Å². The maximum absolute atomic E-state index is 5.84. The van der Waals surface area contributed by atoms with Gasteiger partial charge >= 0.3 is 0 Å². The first-order chi connectivity index (χ1) is 5.13. The maximum atomic E-state index is 5.84. The van der Waals surface area contributed by atoms with E-state index in [1.807, 2.05) is 19.9 Å². The molecule has 0 radical (unpaired) electrons. The van der Waals surface area contributed by atoms with Crippen molar-refractivity contribution < 1.29 is 4.42 Å². The van der Waals surface area contributed by atoms with Gasteiger partial charge in [0.25, 0.3) is 0 Å². The lowest BCUT2D eigenvalue weighted by Crippen LogP contribution is -2.16. The van der Waals surface area contributed by atoms with Gasteiger partial charge in [-0.15, -0.1) is 0 Å². The Bertz CT molecular complexity index is 232. The number of hydrogen-bond donors (Lipinski definition) is 1. The quantitative estimate of drug-likeness (QED) is 0.747. The Morgan fingerprint density at radius 1 is 1.55 bits per heavy atom. The van der Waals surface area contributed by atoms with E-state index in [1.165, 1.54) is 0 Å². The van der Waals surface area contributed by atoms with Gasteiger partial charge in [0.15, 0.2) is 5.22 Å². The molecule has 0 aliphatic heterocycles. The van der Waals surface area contributed by atoms with E-state index in [0.29, 0.717) is 11.1 Å². The zero-order valence-electron chi connectivity index (χ0n) is 6.67. The first-order valence-electron chi connectivity index (χ1n) is 3.61. The molecule has 1 unspecified atom stereocenters. The van der Waals surface area contributed by atoms with Gasteiger partial charge in [-0.3, -0.25) is 0 Å². The van der Waals surface area contributed by atoms with Gasteiger partial charge in [0.2, 0.25) is 0 Å². The van der Waals surface area contributed by atoms with E-state index in [9.17, 15) is 0 Å².